The largest absolute Gasteiger partial charge is 0.493 e. The Morgan fingerprint density at radius 3 is 2.82 bits per heavy atom. The number of ether oxygens (including phenoxy) is 2. The first kappa shape index (κ1) is 11.5. The number of anilines is 1. The van der Waals surface area contributed by atoms with E-state index in [0.29, 0.717) is 22.2 Å². The zero-order chi connectivity index (χ0) is 12.3. The van der Waals surface area contributed by atoms with Gasteiger partial charge in [-0.15, -0.1) is 0 Å². The molecule has 2 aromatic rings. The molecule has 1 aromatic carbocycles. The lowest BCUT2D eigenvalue weighted by Gasteiger charge is -2.10. The summed E-state index contributed by atoms with van der Waals surface area (Å²) >= 11 is 5.89. The molecule has 0 spiro atoms. The Morgan fingerprint density at radius 2 is 2.12 bits per heavy atom. The summed E-state index contributed by atoms with van der Waals surface area (Å²) in [5, 5.41) is 0.325. The summed E-state index contributed by atoms with van der Waals surface area (Å²) < 4.78 is 10.7. The second-order valence-electron chi connectivity index (χ2n) is 3.19. The molecule has 0 saturated carbocycles. The van der Waals surface area contributed by atoms with E-state index in [1.165, 1.54) is 19.6 Å². The molecule has 88 valence electrons. The lowest BCUT2D eigenvalue weighted by atomic mass is 10.3. The quantitative estimate of drug-likeness (QED) is 0.849. The summed E-state index contributed by atoms with van der Waals surface area (Å²) in [7, 11) is 1.53. The Bertz CT molecular complexity index is 534. The summed E-state index contributed by atoms with van der Waals surface area (Å²) in [6, 6.07) is 5.05. The van der Waals surface area contributed by atoms with Crippen LogP contribution in [0.2, 0.25) is 5.02 Å². The molecule has 0 unspecified atom stereocenters. The van der Waals surface area contributed by atoms with Gasteiger partial charge in [-0.1, -0.05) is 11.6 Å². The predicted octanol–water partition coefficient (Wildman–Crippen LogP) is 2.51. The number of halogens is 1. The van der Waals surface area contributed by atoms with Crippen molar-refractivity contribution in [3.63, 3.8) is 0 Å². The minimum atomic E-state index is 0.268. The molecule has 6 heteroatoms. The monoisotopic (exact) mass is 251 g/mol. The van der Waals surface area contributed by atoms with Crippen molar-refractivity contribution in [2.45, 2.75) is 0 Å². The molecule has 0 bridgehead atoms. The van der Waals surface area contributed by atoms with Gasteiger partial charge in [0.25, 0.3) is 0 Å². The predicted molar refractivity (Wildman–Crippen MR) is 64.5 cm³/mol. The van der Waals surface area contributed by atoms with Gasteiger partial charge < -0.3 is 15.2 Å². The van der Waals surface area contributed by atoms with Crippen LogP contribution in [0.3, 0.4) is 0 Å². The summed E-state index contributed by atoms with van der Waals surface area (Å²) in [5.41, 5.74) is 6.23. The van der Waals surface area contributed by atoms with Crippen LogP contribution in [0, 0.1) is 0 Å². The van der Waals surface area contributed by atoms with E-state index in [1.807, 2.05) is 0 Å². The Hall–Kier alpha value is -2.01. The van der Waals surface area contributed by atoms with Crippen molar-refractivity contribution in [1.82, 2.24) is 9.97 Å². The minimum absolute atomic E-state index is 0.268. The lowest BCUT2D eigenvalue weighted by molar-refractivity contribution is 0.374. The number of nitrogen functional groups attached to an aromatic ring is 1. The smallest absolute Gasteiger partial charge is 0.241 e. The van der Waals surface area contributed by atoms with Gasteiger partial charge in [0.05, 0.1) is 13.3 Å². The number of hydrogen-bond acceptors (Lipinski definition) is 5. The van der Waals surface area contributed by atoms with Gasteiger partial charge in [0.1, 0.15) is 11.3 Å². The molecular formula is C11H10ClN3O2. The summed E-state index contributed by atoms with van der Waals surface area (Å²) in [6.07, 6.45) is 2.80. The second-order valence-corrected chi connectivity index (χ2v) is 3.60. The normalized spacial score (nSPS) is 10.0. The number of benzene rings is 1. The van der Waals surface area contributed by atoms with Crippen molar-refractivity contribution in [2.24, 2.45) is 0 Å². The summed E-state index contributed by atoms with van der Waals surface area (Å²) in [5.74, 6) is 1.27. The lowest BCUT2D eigenvalue weighted by Crippen LogP contribution is -1.94. The van der Waals surface area contributed by atoms with E-state index in [4.69, 9.17) is 26.8 Å². The van der Waals surface area contributed by atoms with E-state index in [1.54, 1.807) is 18.2 Å². The Kier molecular flexibility index (Phi) is 3.30. The Labute approximate surface area is 103 Å². The zero-order valence-corrected chi connectivity index (χ0v) is 9.81. The summed E-state index contributed by atoms with van der Waals surface area (Å²) in [6.45, 7) is 0. The molecule has 0 aliphatic rings. The van der Waals surface area contributed by atoms with Gasteiger partial charge in [0.2, 0.25) is 5.88 Å². The van der Waals surface area contributed by atoms with Gasteiger partial charge in [-0.3, -0.25) is 0 Å². The van der Waals surface area contributed by atoms with E-state index >= 15 is 0 Å². The van der Waals surface area contributed by atoms with E-state index < -0.39 is 0 Å². The first-order chi connectivity index (χ1) is 8.20. The van der Waals surface area contributed by atoms with Crippen LogP contribution in [0.15, 0.2) is 30.7 Å². The molecule has 1 aromatic heterocycles. The van der Waals surface area contributed by atoms with Crippen molar-refractivity contribution in [2.75, 3.05) is 12.8 Å². The first-order valence-corrected chi connectivity index (χ1v) is 5.15. The molecule has 2 rings (SSSR count). The summed E-state index contributed by atoms with van der Waals surface area (Å²) in [4.78, 5) is 7.69. The zero-order valence-electron chi connectivity index (χ0n) is 9.05. The number of rotatable bonds is 3. The van der Waals surface area contributed by atoms with Crippen molar-refractivity contribution in [1.29, 1.82) is 0 Å². The fourth-order valence-electron chi connectivity index (χ4n) is 1.25. The number of hydrogen-bond donors (Lipinski definition) is 1. The van der Waals surface area contributed by atoms with E-state index in [2.05, 4.69) is 9.97 Å². The molecule has 17 heavy (non-hydrogen) atoms. The molecule has 0 aliphatic carbocycles. The van der Waals surface area contributed by atoms with Gasteiger partial charge in [-0.2, -0.15) is 0 Å². The maximum atomic E-state index is 5.89. The fourth-order valence-corrected chi connectivity index (χ4v) is 1.39. The highest BCUT2D eigenvalue weighted by Crippen LogP contribution is 2.34. The van der Waals surface area contributed by atoms with Crippen LogP contribution in [-0.4, -0.2) is 17.1 Å². The Morgan fingerprint density at radius 1 is 1.29 bits per heavy atom. The molecule has 0 amide bonds. The topological polar surface area (TPSA) is 70.3 Å². The van der Waals surface area contributed by atoms with Crippen LogP contribution >= 0.6 is 11.6 Å². The fraction of sp³-hybridized carbons (Fsp3) is 0.0909. The molecule has 5 nitrogen and oxygen atoms in total. The van der Waals surface area contributed by atoms with E-state index in [9.17, 15) is 0 Å². The number of nitrogens with two attached hydrogens (primary N) is 1. The first-order valence-electron chi connectivity index (χ1n) is 4.77. The van der Waals surface area contributed by atoms with Crippen LogP contribution in [0.1, 0.15) is 0 Å². The van der Waals surface area contributed by atoms with Gasteiger partial charge in [0.15, 0.2) is 11.5 Å². The van der Waals surface area contributed by atoms with E-state index in [0.717, 1.165) is 0 Å². The standard InChI is InChI=1S/C11H10ClN3O2/c1-16-10-4-7(13)2-3-9(10)17-11-8(12)5-14-6-15-11/h2-6H,13H2,1H3. The van der Waals surface area contributed by atoms with Gasteiger partial charge in [0, 0.05) is 11.8 Å². The molecule has 2 N–H and O–H groups in total. The van der Waals surface area contributed by atoms with Crippen LogP contribution < -0.4 is 15.2 Å². The molecular weight excluding hydrogens is 242 g/mol. The molecule has 0 fully saturated rings. The molecule has 0 saturated heterocycles. The van der Waals surface area contributed by atoms with Crippen LogP contribution in [0.4, 0.5) is 5.69 Å². The van der Waals surface area contributed by atoms with Gasteiger partial charge >= 0.3 is 0 Å². The molecule has 0 aliphatic heterocycles. The maximum Gasteiger partial charge on any atom is 0.241 e. The van der Waals surface area contributed by atoms with Gasteiger partial charge in [-0.05, 0) is 12.1 Å². The number of nitrogens with zero attached hydrogens (tertiary/aromatic N) is 2. The van der Waals surface area contributed by atoms with E-state index in [-0.39, 0.29) is 5.88 Å². The molecule has 0 radical (unpaired) electrons. The Balaban J connectivity index is 2.33. The second kappa shape index (κ2) is 4.88. The van der Waals surface area contributed by atoms with Crippen molar-refractivity contribution in [3.05, 3.63) is 35.7 Å². The van der Waals surface area contributed by atoms with Crippen molar-refractivity contribution < 1.29 is 9.47 Å². The average Bonchev–Trinajstić information content (AvgIpc) is 2.34. The number of methoxy groups -OCH3 is 1. The highest BCUT2D eigenvalue weighted by atomic mass is 35.5. The van der Waals surface area contributed by atoms with Crippen LogP contribution in [0.5, 0.6) is 17.4 Å². The third-order valence-corrected chi connectivity index (χ3v) is 2.29. The minimum Gasteiger partial charge on any atom is -0.493 e. The van der Waals surface area contributed by atoms with Crippen molar-refractivity contribution in [3.8, 4) is 17.4 Å². The third-order valence-electron chi connectivity index (χ3n) is 2.03. The highest BCUT2D eigenvalue weighted by molar-refractivity contribution is 6.31. The average molecular weight is 252 g/mol. The molecule has 1 heterocycles. The third kappa shape index (κ3) is 2.57. The van der Waals surface area contributed by atoms with Gasteiger partial charge in [-0.25, -0.2) is 9.97 Å². The van der Waals surface area contributed by atoms with Crippen molar-refractivity contribution >= 4 is 17.3 Å². The highest BCUT2D eigenvalue weighted by Gasteiger charge is 2.09. The SMILES string of the molecule is COc1cc(N)ccc1Oc1ncncc1Cl. The maximum absolute atomic E-state index is 5.89. The molecule has 0 atom stereocenters. The number of aromatic nitrogens is 2. The van der Waals surface area contributed by atoms with Crippen LogP contribution in [-0.2, 0) is 0 Å². The van der Waals surface area contributed by atoms with Crippen LogP contribution in [0.25, 0.3) is 0 Å².